The number of hydrogen-bond donors (Lipinski definition) is 0. The van der Waals surface area contributed by atoms with E-state index in [1.807, 2.05) is 31.2 Å². The first-order valence-electron chi connectivity index (χ1n) is 12.4. The van der Waals surface area contributed by atoms with Crippen molar-refractivity contribution in [2.24, 2.45) is 5.10 Å². The van der Waals surface area contributed by atoms with E-state index in [2.05, 4.69) is 26.0 Å². The van der Waals surface area contributed by atoms with E-state index in [1.54, 1.807) is 36.4 Å². The molecule has 5 aromatic rings. The lowest BCUT2D eigenvalue weighted by molar-refractivity contribution is -0.137. The Kier molecular flexibility index (Phi) is 7.94. The Bertz CT molecular complexity index is 1830. The first-order chi connectivity index (χ1) is 19.6. The van der Waals surface area contributed by atoms with E-state index in [-0.39, 0.29) is 16.8 Å². The van der Waals surface area contributed by atoms with Gasteiger partial charge >= 0.3 is 6.18 Å². The Labute approximate surface area is 241 Å². The maximum atomic E-state index is 13.5. The summed E-state index contributed by atoms with van der Waals surface area (Å²) in [4.78, 5) is 18.0. The highest BCUT2D eigenvalue weighted by atomic mass is 79.9. The lowest BCUT2D eigenvalue weighted by Gasteiger charge is -2.14. The number of rotatable bonds is 7. The molecule has 6 nitrogen and oxygen atoms in total. The van der Waals surface area contributed by atoms with Crippen LogP contribution in [0.3, 0.4) is 0 Å². The largest absolute Gasteiger partial charge is 0.493 e. The summed E-state index contributed by atoms with van der Waals surface area (Å²) >= 11 is 3.52. The fourth-order valence-electron chi connectivity index (χ4n) is 4.26. The molecule has 0 spiro atoms. The summed E-state index contributed by atoms with van der Waals surface area (Å²) in [5.41, 5.74) is 1.71. The standard InChI is InChI=1S/C31H23BrF3N3O3/c1-19-7-5-8-20(13-19)18-41-28-16-25(32)22(15-27(28)40-2)17-36-38-29(21-9-6-10-23(14-21)31(33,34)35)37-26-12-4-3-11-24(26)30(38)39/h3-17H,18H2,1-2H3. The zero-order valence-corrected chi connectivity index (χ0v) is 23.5. The molecule has 0 atom stereocenters. The van der Waals surface area contributed by atoms with E-state index in [0.29, 0.717) is 33.7 Å². The number of fused-ring (bicyclic) bond motifs is 1. The highest BCUT2D eigenvalue weighted by molar-refractivity contribution is 9.10. The Morgan fingerprint density at radius 1 is 0.976 bits per heavy atom. The molecule has 10 heteroatoms. The highest BCUT2D eigenvalue weighted by Crippen LogP contribution is 2.34. The number of ether oxygens (including phenoxy) is 2. The summed E-state index contributed by atoms with van der Waals surface area (Å²) in [6.45, 7) is 2.33. The van der Waals surface area contributed by atoms with Crippen molar-refractivity contribution >= 4 is 33.0 Å². The van der Waals surface area contributed by atoms with Crippen molar-refractivity contribution < 1.29 is 22.6 Å². The van der Waals surface area contributed by atoms with E-state index in [4.69, 9.17) is 9.47 Å². The van der Waals surface area contributed by atoms with Crippen molar-refractivity contribution in [2.45, 2.75) is 19.7 Å². The molecule has 1 heterocycles. The number of para-hydroxylation sites is 1. The second kappa shape index (κ2) is 11.6. The SMILES string of the molecule is COc1cc(C=Nn2c(-c3cccc(C(F)(F)F)c3)nc3ccccc3c2=O)c(Br)cc1OCc1cccc(C)c1. The van der Waals surface area contributed by atoms with Gasteiger partial charge < -0.3 is 9.47 Å². The van der Waals surface area contributed by atoms with Gasteiger partial charge in [-0.05, 0) is 64.8 Å². The molecule has 208 valence electrons. The maximum Gasteiger partial charge on any atom is 0.416 e. The lowest BCUT2D eigenvalue weighted by atomic mass is 10.1. The van der Waals surface area contributed by atoms with Gasteiger partial charge in [0.1, 0.15) is 6.61 Å². The number of aryl methyl sites for hydroxylation is 1. The maximum absolute atomic E-state index is 13.5. The molecule has 0 N–H and O–H groups in total. The molecular weight excluding hydrogens is 599 g/mol. The van der Waals surface area contributed by atoms with Crippen LogP contribution < -0.4 is 15.0 Å². The van der Waals surface area contributed by atoms with Crippen LogP contribution in [0.25, 0.3) is 22.3 Å². The Morgan fingerprint density at radius 3 is 2.51 bits per heavy atom. The normalized spacial score (nSPS) is 11.8. The second-order valence-corrected chi connectivity index (χ2v) is 10.0. The third-order valence-corrected chi connectivity index (χ3v) is 6.96. The van der Waals surface area contributed by atoms with Gasteiger partial charge in [0.15, 0.2) is 17.3 Å². The molecule has 5 rings (SSSR count). The van der Waals surface area contributed by atoms with E-state index in [1.165, 1.54) is 25.5 Å². The van der Waals surface area contributed by atoms with Crippen LogP contribution in [-0.4, -0.2) is 23.0 Å². The number of halogens is 4. The lowest BCUT2D eigenvalue weighted by Crippen LogP contribution is -2.20. The molecular formula is C31H23BrF3N3O3. The number of aromatic nitrogens is 2. The summed E-state index contributed by atoms with van der Waals surface area (Å²) in [7, 11) is 1.51. The van der Waals surface area contributed by atoms with E-state index < -0.39 is 17.3 Å². The Morgan fingerprint density at radius 2 is 1.76 bits per heavy atom. The summed E-state index contributed by atoms with van der Waals surface area (Å²) in [5.74, 6) is 0.897. The van der Waals surface area contributed by atoms with E-state index >= 15 is 0 Å². The molecule has 0 fully saturated rings. The van der Waals surface area contributed by atoms with Gasteiger partial charge in [-0.15, -0.1) is 0 Å². The van der Waals surface area contributed by atoms with Gasteiger partial charge in [-0.3, -0.25) is 4.79 Å². The van der Waals surface area contributed by atoms with Crippen LogP contribution in [0.2, 0.25) is 0 Å². The monoisotopic (exact) mass is 621 g/mol. The number of nitrogens with zero attached hydrogens (tertiary/aromatic N) is 3. The van der Waals surface area contributed by atoms with Gasteiger partial charge in [0.2, 0.25) is 0 Å². The Balaban J connectivity index is 1.55. The first-order valence-corrected chi connectivity index (χ1v) is 13.2. The third-order valence-electron chi connectivity index (χ3n) is 6.27. The van der Waals surface area contributed by atoms with Crippen molar-refractivity contribution in [1.82, 2.24) is 9.66 Å². The molecule has 0 aliphatic heterocycles. The van der Waals surface area contributed by atoms with Gasteiger partial charge in [0, 0.05) is 15.6 Å². The first kappa shape index (κ1) is 28.1. The van der Waals surface area contributed by atoms with Gasteiger partial charge in [0.05, 0.1) is 29.8 Å². The fraction of sp³-hybridized carbons (Fsp3) is 0.129. The topological polar surface area (TPSA) is 65.7 Å². The van der Waals surface area contributed by atoms with Crippen molar-refractivity contribution in [3.8, 4) is 22.9 Å². The minimum Gasteiger partial charge on any atom is -0.493 e. The summed E-state index contributed by atoms with van der Waals surface area (Å²) in [6, 6.07) is 22.6. The molecule has 4 aromatic carbocycles. The molecule has 1 aromatic heterocycles. The molecule has 0 aliphatic carbocycles. The van der Waals surface area contributed by atoms with Crippen LogP contribution in [0, 0.1) is 6.92 Å². The van der Waals surface area contributed by atoms with Crippen LogP contribution in [-0.2, 0) is 12.8 Å². The predicted molar refractivity (Wildman–Crippen MR) is 156 cm³/mol. The minimum absolute atomic E-state index is 0.0303. The van der Waals surface area contributed by atoms with Crippen molar-refractivity contribution in [2.75, 3.05) is 7.11 Å². The minimum atomic E-state index is -4.56. The summed E-state index contributed by atoms with van der Waals surface area (Å²) < 4.78 is 53.5. The van der Waals surface area contributed by atoms with E-state index in [0.717, 1.165) is 27.9 Å². The van der Waals surface area contributed by atoms with Crippen LogP contribution in [0.15, 0.2) is 99.3 Å². The zero-order chi connectivity index (χ0) is 29.1. The van der Waals surface area contributed by atoms with Crippen molar-refractivity contribution in [3.63, 3.8) is 0 Å². The molecule has 41 heavy (non-hydrogen) atoms. The van der Waals surface area contributed by atoms with Crippen LogP contribution in [0.1, 0.15) is 22.3 Å². The van der Waals surface area contributed by atoms with Crippen molar-refractivity contribution in [1.29, 1.82) is 0 Å². The molecule has 0 amide bonds. The van der Waals surface area contributed by atoms with Gasteiger partial charge in [-0.25, -0.2) is 4.98 Å². The van der Waals surface area contributed by atoms with Crippen LogP contribution in [0.5, 0.6) is 11.5 Å². The van der Waals surface area contributed by atoms with Gasteiger partial charge in [-0.2, -0.15) is 22.9 Å². The molecule has 0 unspecified atom stereocenters. The zero-order valence-electron chi connectivity index (χ0n) is 21.9. The average molecular weight is 622 g/mol. The summed E-state index contributed by atoms with van der Waals surface area (Å²) in [5, 5.41) is 4.65. The molecule has 0 saturated carbocycles. The predicted octanol–water partition coefficient (Wildman–Crippen LogP) is 7.62. The molecule has 0 bridgehead atoms. The van der Waals surface area contributed by atoms with E-state index in [9.17, 15) is 18.0 Å². The van der Waals surface area contributed by atoms with Gasteiger partial charge in [-0.1, -0.05) is 54.1 Å². The third kappa shape index (κ3) is 6.17. The fourth-order valence-corrected chi connectivity index (χ4v) is 4.68. The quantitative estimate of drug-likeness (QED) is 0.175. The molecule has 0 aliphatic rings. The molecule has 0 radical (unpaired) electrons. The summed E-state index contributed by atoms with van der Waals surface area (Å²) in [6.07, 6.45) is -3.16. The van der Waals surface area contributed by atoms with Crippen LogP contribution >= 0.6 is 15.9 Å². The number of hydrogen-bond acceptors (Lipinski definition) is 5. The van der Waals surface area contributed by atoms with Gasteiger partial charge in [0.25, 0.3) is 5.56 Å². The second-order valence-electron chi connectivity index (χ2n) is 9.19. The number of alkyl halides is 3. The van der Waals surface area contributed by atoms with Crippen molar-refractivity contribution in [3.05, 3.63) is 122 Å². The average Bonchev–Trinajstić information content (AvgIpc) is 2.96. The van der Waals surface area contributed by atoms with Crippen LogP contribution in [0.4, 0.5) is 13.2 Å². The highest BCUT2D eigenvalue weighted by Gasteiger charge is 2.31. The Hall–Kier alpha value is -4.44. The number of methoxy groups -OCH3 is 1. The smallest absolute Gasteiger partial charge is 0.416 e. The number of benzene rings is 4. The molecule has 0 saturated heterocycles.